The van der Waals surface area contributed by atoms with E-state index >= 15 is 4.39 Å². The third kappa shape index (κ3) is 6.97. The highest BCUT2D eigenvalue weighted by Gasteiger charge is 2.33. The molecule has 10 nitrogen and oxygen atoms in total. The molecule has 0 bridgehead atoms. The van der Waals surface area contributed by atoms with Crippen molar-refractivity contribution in [2.24, 2.45) is 12.5 Å². The minimum atomic E-state index is -1.27. The van der Waals surface area contributed by atoms with Crippen molar-refractivity contribution in [2.45, 2.75) is 60.1 Å². The maximum Gasteiger partial charge on any atom is 0.410 e. The van der Waals surface area contributed by atoms with Crippen LogP contribution in [0.1, 0.15) is 61.9 Å². The fraction of sp³-hybridized carbons (Fsp3) is 0.455. The second-order valence-corrected chi connectivity index (χ2v) is 12.8. The molecule has 1 aromatic carbocycles. The van der Waals surface area contributed by atoms with E-state index in [-0.39, 0.29) is 36.6 Å². The summed E-state index contributed by atoms with van der Waals surface area (Å²) in [5.41, 5.74) is 1.27. The van der Waals surface area contributed by atoms with Crippen molar-refractivity contribution < 1.29 is 37.0 Å². The van der Waals surface area contributed by atoms with Crippen LogP contribution in [0.2, 0.25) is 0 Å². The van der Waals surface area contributed by atoms with Crippen LogP contribution in [0.3, 0.4) is 0 Å². The van der Waals surface area contributed by atoms with Crippen LogP contribution in [0.25, 0.3) is 16.6 Å². The van der Waals surface area contributed by atoms with E-state index in [1.807, 2.05) is 0 Å². The van der Waals surface area contributed by atoms with Gasteiger partial charge in [-0.2, -0.15) is 14.6 Å². The number of fused-ring (bicyclic) bond motifs is 1. The predicted octanol–water partition coefficient (Wildman–Crippen LogP) is 6.50. The van der Waals surface area contributed by atoms with Crippen LogP contribution >= 0.6 is 0 Å². The molecule has 46 heavy (non-hydrogen) atoms. The van der Waals surface area contributed by atoms with Gasteiger partial charge in [0.2, 0.25) is 11.7 Å². The van der Waals surface area contributed by atoms with Gasteiger partial charge in [0.15, 0.2) is 17.3 Å². The molecular weight excluding hydrogens is 603 g/mol. The van der Waals surface area contributed by atoms with E-state index in [9.17, 15) is 18.4 Å². The normalized spacial score (nSPS) is 12.0. The Morgan fingerprint density at radius 2 is 1.78 bits per heavy atom. The number of methoxy groups -OCH3 is 1. The van der Waals surface area contributed by atoms with Gasteiger partial charge in [-0.15, -0.1) is 0 Å². The fourth-order valence-electron chi connectivity index (χ4n) is 4.86. The summed E-state index contributed by atoms with van der Waals surface area (Å²) >= 11 is 0. The van der Waals surface area contributed by atoms with Crippen LogP contribution in [0, 0.1) is 24.0 Å². The summed E-state index contributed by atoms with van der Waals surface area (Å²) in [6, 6.07) is 5.73. The fourth-order valence-corrected chi connectivity index (χ4v) is 4.86. The van der Waals surface area contributed by atoms with Crippen molar-refractivity contribution >= 4 is 17.4 Å². The molecule has 0 unspecified atom stereocenters. The quantitative estimate of drug-likeness (QED) is 0.172. The first-order valence-electron chi connectivity index (χ1n) is 14.7. The van der Waals surface area contributed by atoms with Crippen LogP contribution < -0.4 is 9.47 Å². The number of rotatable bonds is 11. The Bertz CT molecular complexity index is 1770. The minimum Gasteiger partial charge on any atom is -0.489 e. The number of halogens is 3. The molecule has 3 aromatic heterocycles. The first-order chi connectivity index (χ1) is 21.5. The number of ether oxygens (including phenoxy) is 3. The molecule has 0 N–H and O–H groups in total. The Kier molecular flexibility index (Phi) is 9.74. The Morgan fingerprint density at radius 3 is 2.41 bits per heavy atom. The van der Waals surface area contributed by atoms with Gasteiger partial charge in [-0.3, -0.25) is 13.9 Å². The zero-order chi connectivity index (χ0) is 34.1. The molecule has 0 aliphatic carbocycles. The highest BCUT2D eigenvalue weighted by molar-refractivity contribution is 6.00. The first kappa shape index (κ1) is 34.3. The van der Waals surface area contributed by atoms with Crippen molar-refractivity contribution in [1.82, 2.24) is 24.3 Å². The lowest BCUT2D eigenvalue weighted by Gasteiger charge is -2.24. The molecule has 4 rings (SSSR count). The molecule has 4 aromatic rings. The number of hydrogen-bond donors (Lipinski definition) is 0. The zero-order valence-corrected chi connectivity index (χ0v) is 27.6. The van der Waals surface area contributed by atoms with Gasteiger partial charge in [0.1, 0.15) is 18.0 Å². The Balaban J connectivity index is 1.69. The lowest BCUT2D eigenvalue weighted by atomic mass is 9.86. The number of aryl methyl sites for hydroxylation is 1. The van der Waals surface area contributed by atoms with Gasteiger partial charge in [-0.1, -0.05) is 0 Å². The summed E-state index contributed by atoms with van der Waals surface area (Å²) in [7, 11) is 4.72. The summed E-state index contributed by atoms with van der Waals surface area (Å²) in [5.74, 6) is -2.78. The van der Waals surface area contributed by atoms with Gasteiger partial charge in [0.25, 0.3) is 0 Å². The topological polar surface area (TPSA) is 100 Å². The predicted molar refractivity (Wildman–Crippen MR) is 166 cm³/mol. The highest BCUT2D eigenvalue weighted by Crippen LogP contribution is 2.37. The lowest BCUT2D eigenvalue weighted by Crippen LogP contribution is -2.33. The van der Waals surface area contributed by atoms with Crippen molar-refractivity contribution in [3.05, 3.63) is 64.6 Å². The van der Waals surface area contributed by atoms with E-state index in [0.717, 1.165) is 6.07 Å². The Hall–Kier alpha value is -4.55. The second kappa shape index (κ2) is 13.1. The van der Waals surface area contributed by atoms with Crippen LogP contribution in [0.15, 0.2) is 30.5 Å². The second-order valence-electron chi connectivity index (χ2n) is 12.8. The maximum absolute atomic E-state index is 15.4. The van der Waals surface area contributed by atoms with Crippen molar-refractivity contribution in [2.75, 3.05) is 27.4 Å². The monoisotopic (exact) mass is 643 g/mol. The smallest absolute Gasteiger partial charge is 0.410 e. The molecule has 0 atom stereocenters. The summed E-state index contributed by atoms with van der Waals surface area (Å²) in [5, 5.41) is 8.70. The van der Waals surface area contributed by atoms with Crippen LogP contribution in [-0.2, 0) is 24.8 Å². The number of alkyl halides is 1. The number of carbonyl (C=O) groups excluding carboxylic acids is 2. The summed E-state index contributed by atoms with van der Waals surface area (Å²) in [4.78, 5) is 27.1. The molecule has 3 heterocycles. The van der Waals surface area contributed by atoms with Gasteiger partial charge in [-0.05, 0) is 65.3 Å². The average Bonchev–Trinajstić information content (AvgIpc) is 3.52. The number of benzene rings is 1. The van der Waals surface area contributed by atoms with Gasteiger partial charge < -0.3 is 19.1 Å². The molecule has 0 saturated heterocycles. The van der Waals surface area contributed by atoms with E-state index in [1.165, 1.54) is 41.1 Å². The van der Waals surface area contributed by atoms with E-state index in [4.69, 9.17) is 14.2 Å². The molecule has 13 heteroatoms. The summed E-state index contributed by atoms with van der Waals surface area (Å²) in [6.45, 7) is 9.25. The SMILES string of the molecule is COc1cc(-c2ccc(F)c(F)c2OCCc2c(C(=O)C(C)(C)CF)nn(C)c2C)cc2c(CN(C)C(=O)OC(C)(C)C)cnn12. The number of aromatic nitrogens is 4. The number of Topliss-reactive ketones (excluding diaryl/α,β-unsaturated/α-hetero) is 1. The molecule has 248 valence electrons. The van der Waals surface area contributed by atoms with Crippen LogP contribution in [-0.4, -0.2) is 69.2 Å². The number of ketones is 1. The number of nitrogens with zero attached hydrogens (tertiary/aromatic N) is 5. The molecule has 0 saturated carbocycles. The van der Waals surface area contributed by atoms with Gasteiger partial charge >= 0.3 is 6.09 Å². The van der Waals surface area contributed by atoms with Crippen LogP contribution in [0.5, 0.6) is 11.6 Å². The Morgan fingerprint density at radius 1 is 1.09 bits per heavy atom. The Labute approximate surface area is 266 Å². The minimum absolute atomic E-state index is 0.117. The van der Waals surface area contributed by atoms with E-state index < -0.39 is 41.2 Å². The van der Waals surface area contributed by atoms with Crippen LogP contribution in [0.4, 0.5) is 18.0 Å². The number of amides is 1. The molecule has 0 radical (unpaired) electrons. The first-order valence-corrected chi connectivity index (χ1v) is 14.7. The molecule has 0 spiro atoms. The maximum atomic E-state index is 15.4. The number of carbonyl (C=O) groups is 2. The third-order valence-electron chi connectivity index (χ3n) is 7.57. The van der Waals surface area contributed by atoms with Crippen molar-refractivity contribution in [3.8, 4) is 22.8 Å². The number of hydrogen-bond acceptors (Lipinski definition) is 7. The average molecular weight is 644 g/mol. The molecule has 0 fully saturated rings. The van der Waals surface area contributed by atoms with E-state index in [1.54, 1.807) is 60.1 Å². The third-order valence-corrected chi connectivity index (χ3v) is 7.57. The highest BCUT2D eigenvalue weighted by atomic mass is 19.2. The van der Waals surface area contributed by atoms with Gasteiger partial charge in [0.05, 0.1) is 37.4 Å². The lowest BCUT2D eigenvalue weighted by molar-refractivity contribution is 0.0285. The summed E-state index contributed by atoms with van der Waals surface area (Å²) < 4.78 is 63.5. The largest absolute Gasteiger partial charge is 0.489 e. The van der Waals surface area contributed by atoms with E-state index in [0.29, 0.717) is 33.8 Å². The van der Waals surface area contributed by atoms with Gasteiger partial charge in [0, 0.05) is 49.0 Å². The summed E-state index contributed by atoms with van der Waals surface area (Å²) in [6.07, 6.45) is 1.20. The van der Waals surface area contributed by atoms with E-state index in [2.05, 4.69) is 10.2 Å². The molecular formula is C33H40F3N5O5. The van der Waals surface area contributed by atoms with Gasteiger partial charge in [-0.25, -0.2) is 13.7 Å². The molecule has 0 aliphatic rings. The standard InChI is InChI=1S/C33H40F3N5O5/c1-19-22(28(38-40(19)8)30(42)33(5,6)18-34)12-13-45-29-23(10-11-24(35)27(29)36)20-14-25-21(16-37-41(25)26(15-20)44-9)17-39(7)31(43)46-32(2,3)4/h10-11,14-16H,12-13,17-18H2,1-9H3. The number of pyridine rings is 1. The van der Waals surface area contributed by atoms with Crippen molar-refractivity contribution in [3.63, 3.8) is 0 Å². The molecule has 1 amide bonds. The molecule has 0 aliphatic heterocycles. The zero-order valence-electron chi connectivity index (χ0n) is 27.6. The van der Waals surface area contributed by atoms with Crippen molar-refractivity contribution in [1.29, 1.82) is 0 Å².